The first-order valence-corrected chi connectivity index (χ1v) is 6.86. The lowest BCUT2D eigenvalue weighted by molar-refractivity contribution is 0.0696. The van der Waals surface area contributed by atoms with Gasteiger partial charge < -0.3 is 5.11 Å². The van der Waals surface area contributed by atoms with Gasteiger partial charge in [0.25, 0.3) is 0 Å². The molecule has 0 saturated heterocycles. The van der Waals surface area contributed by atoms with E-state index in [1.807, 2.05) is 24.3 Å². The summed E-state index contributed by atoms with van der Waals surface area (Å²) in [4.78, 5) is 20.4. The molecule has 5 heteroatoms. The van der Waals surface area contributed by atoms with Crippen LogP contribution in [0.1, 0.15) is 29.5 Å². The monoisotopic (exact) mass is 281 g/mol. The molecule has 0 aliphatic carbocycles. The van der Waals surface area contributed by atoms with Crippen molar-refractivity contribution in [3.05, 3.63) is 54.1 Å². The lowest BCUT2D eigenvalue weighted by atomic mass is 10.1. The minimum absolute atomic E-state index is 0.184. The molecule has 1 aromatic carbocycles. The molecular formula is C16H15N3O2. The third kappa shape index (κ3) is 2.38. The van der Waals surface area contributed by atoms with Gasteiger partial charge in [0, 0.05) is 24.2 Å². The Kier molecular flexibility index (Phi) is 3.39. The van der Waals surface area contributed by atoms with Gasteiger partial charge in [0.1, 0.15) is 11.4 Å². The number of para-hydroxylation sites is 1. The van der Waals surface area contributed by atoms with E-state index in [9.17, 15) is 9.90 Å². The molecule has 0 radical (unpaired) electrons. The molecule has 0 atom stereocenters. The fourth-order valence-corrected chi connectivity index (χ4v) is 2.38. The summed E-state index contributed by atoms with van der Waals surface area (Å²) in [6.45, 7) is 2.06. The molecule has 2 heterocycles. The molecule has 0 fully saturated rings. The molecule has 0 saturated carbocycles. The largest absolute Gasteiger partial charge is 0.478 e. The van der Waals surface area contributed by atoms with Crippen molar-refractivity contribution >= 4 is 16.9 Å². The standard InChI is InChI=1S/C16H15N3O2/c1-2-5-14-17-8-9-19(14)15-12(16(20)21)10-11-6-3-4-7-13(11)18-15/h3-4,6-10H,2,5H2,1H3,(H,20,21). The minimum Gasteiger partial charge on any atom is -0.478 e. The summed E-state index contributed by atoms with van der Waals surface area (Å²) in [7, 11) is 0. The SMILES string of the molecule is CCCc1nccn1-c1nc2ccccc2cc1C(=O)O. The Balaban J connectivity index is 2.26. The summed E-state index contributed by atoms with van der Waals surface area (Å²) in [6, 6.07) is 9.16. The van der Waals surface area contributed by atoms with Crippen LogP contribution in [0.25, 0.3) is 16.7 Å². The van der Waals surface area contributed by atoms with Crippen molar-refractivity contribution in [2.24, 2.45) is 0 Å². The van der Waals surface area contributed by atoms with Crippen LogP contribution >= 0.6 is 0 Å². The number of fused-ring (bicyclic) bond motifs is 1. The van der Waals surface area contributed by atoms with Crippen LogP contribution < -0.4 is 0 Å². The first-order chi connectivity index (χ1) is 10.2. The zero-order valence-electron chi connectivity index (χ0n) is 11.7. The van der Waals surface area contributed by atoms with E-state index in [0.717, 1.165) is 29.6 Å². The van der Waals surface area contributed by atoms with Crippen LogP contribution in [-0.4, -0.2) is 25.6 Å². The van der Waals surface area contributed by atoms with E-state index in [-0.39, 0.29) is 5.56 Å². The van der Waals surface area contributed by atoms with E-state index in [0.29, 0.717) is 5.82 Å². The van der Waals surface area contributed by atoms with Crippen molar-refractivity contribution in [3.8, 4) is 5.82 Å². The van der Waals surface area contributed by atoms with Gasteiger partial charge in [-0.1, -0.05) is 25.1 Å². The number of rotatable bonds is 4. The molecule has 0 unspecified atom stereocenters. The van der Waals surface area contributed by atoms with E-state index in [4.69, 9.17) is 0 Å². The van der Waals surface area contributed by atoms with E-state index < -0.39 is 5.97 Å². The predicted molar refractivity (Wildman–Crippen MR) is 79.8 cm³/mol. The number of carboxylic acids is 1. The number of hydrogen-bond acceptors (Lipinski definition) is 3. The number of nitrogens with zero attached hydrogens (tertiary/aromatic N) is 3. The normalized spacial score (nSPS) is 10.9. The lowest BCUT2D eigenvalue weighted by Gasteiger charge is -2.11. The average molecular weight is 281 g/mol. The quantitative estimate of drug-likeness (QED) is 0.798. The number of carboxylic acid groups (broad SMARTS) is 1. The topological polar surface area (TPSA) is 68.0 Å². The smallest absolute Gasteiger partial charge is 0.339 e. The van der Waals surface area contributed by atoms with Crippen LogP contribution in [0.4, 0.5) is 0 Å². The van der Waals surface area contributed by atoms with Crippen molar-refractivity contribution in [2.45, 2.75) is 19.8 Å². The highest BCUT2D eigenvalue weighted by Gasteiger charge is 2.17. The van der Waals surface area contributed by atoms with E-state index >= 15 is 0 Å². The molecule has 0 amide bonds. The van der Waals surface area contributed by atoms with Gasteiger partial charge in [-0.25, -0.2) is 14.8 Å². The first-order valence-electron chi connectivity index (χ1n) is 6.86. The van der Waals surface area contributed by atoms with Gasteiger partial charge in [0.2, 0.25) is 0 Å². The number of benzene rings is 1. The zero-order chi connectivity index (χ0) is 14.8. The predicted octanol–water partition coefficient (Wildman–Crippen LogP) is 3.07. The Morgan fingerprint density at radius 1 is 1.33 bits per heavy atom. The Bertz CT molecular complexity index is 808. The van der Waals surface area contributed by atoms with Gasteiger partial charge in [-0.3, -0.25) is 4.57 Å². The fraction of sp³-hybridized carbons (Fsp3) is 0.188. The second-order valence-electron chi connectivity index (χ2n) is 4.82. The first kappa shape index (κ1) is 13.3. The Morgan fingerprint density at radius 2 is 2.14 bits per heavy atom. The highest BCUT2D eigenvalue weighted by molar-refractivity contribution is 5.96. The van der Waals surface area contributed by atoms with Crippen LogP contribution in [0, 0.1) is 0 Å². The van der Waals surface area contributed by atoms with E-state index in [1.165, 1.54) is 0 Å². The molecule has 5 nitrogen and oxygen atoms in total. The molecule has 3 rings (SSSR count). The molecule has 0 aliphatic rings. The summed E-state index contributed by atoms with van der Waals surface area (Å²) >= 11 is 0. The third-order valence-electron chi connectivity index (χ3n) is 3.35. The average Bonchev–Trinajstić information content (AvgIpc) is 2.94. The maximum atomic E-state index is 11.6. The summed E-state index contributed by atoms with van der Waals surface area (Å²) in [6.07, 6.45) is 5.15. The molecule has 0 spiro atoms. The van der Waals surface area contributed by atoms with Crippen molar-refractivity contribution in [3.63, 3.8) is 0 Å². The molecule has 2 aromatic heterocycles. The van der Waals surface area contributed by atoms with E-state index in [1.54, 1.807) is 23.0 Å². The van der Waals surface area contributed by atoms with Crippen molar-refractivity contribution in [2.75, 3.05) is 0 Å². The maximum absolute atomic E-state index is 11.6. The summed E-state index contributed by atoms with van der Waals surface area (Å²) in [5.74, 6) is 0.254. The Labute approximate surface area is 121 Å². The maximum Gasteiger partial charge on any atom is 0.339 e. The van der Waals surface area contributed by atoms with Crippen molar-refractivity contribution in [1.29, 1.82) is 0 Å². The molecule has 1 N–H and O–H groups in total. The van der Waals surface area contributed by atoms with Gasteiger partial charge in [-0.2, -0.15) is 0 Å². The van der Waals surface area contributed by atoms with E-state index in [2.05, 4.69) is 16.9 Å². The molecular weight excluding hydrogens is 266 g/mol. The van der Waals surface area contributed by atoms with Gasteiger partial charge >= 0.3 is 5.97 Å². The number of aromatic carboxylic acids is 1. The second kappa shape index (κ2) is 5.36. The van der Waals surface area contributed by atoms with Crippen molar-refractivity contribution in [1.82, 2.24) is 14.5 Å². The van der Waals surface area contributed by atoms with Crippen LogP contribution in [0.5, 0.6) is 0 Å². The number of imidazole rings is 1. The summed E-state index contributed by atoms with van der Waals surface area (Å²) in [5.41, 5.74) is 0.956. The highest BCUT2D eigenvalue weighted by atomic mass is 16.4. The van der Waals surface area contributed by atoms with Gasteiger partial charge in [0.15, 0.2) is 5.82 Å². The van der Waals surface area contributed by atoms with Gasteiger partial charge in [-0.05, 0) is 18.6 Å². The molecule has 3 aromatic rings. The number of pyridine rings is 1. The van der Waals surface area contributed by atoms with Crippen LogP contribution in [-0.2, 0) is 6.42 Å². The van der Waals surface area contributed by atoms with Crippen LogP contribution in [0.2, 0.25) is 0 Å². The lowest BCUT2D eigenvalue weighted by Crippen LogP contribution is -2.10. The zero-order valence-corrected chi connectivity index (χ0v) is 11.7. The summed E-state index contributed by atoms with van der Waals surface area (Å²) < 4.78 is 1.76. The minimum atomic E-state index is -0.987. The fourth-order valence-electron chi connectivity index (χ4n) is 2.38. The molecule has 21 heavy (non-hydrogen) atoms. The number of hydrogen-bond donors (Lipinski definition) is 1. The number of aryl methyl sites for hydroxylation is 1. The Morgan fingerprint density at radius 3 is 2.90 bits per heavy atom. The number of aromatic nitrogens is 3. The van der Waals surface area contributed by atoms with Crippen LogP contribution in [0.3, 0.4) is 0 Å². The second-order valence-corrected chi connectivity index (χ2v) is 4.82. The van der Waals surface area contributed by atoms with Crippen LogP contribution in [0.15, 0.2) is 42.7 Å². The molecule has 106 valence electrons. The third-order valence-corrected chi connectivity index (χ3v) is 3.35. The molecule has 0 aliphatic heterocycles. The summed E-state index contributed by atoms with van der Waals surface area (Å²) in [5, 5.41) is 10.3. The highest BCUT2D eigenvalue weighted by Crippen LogP contribution is 2.21. The molecule has 0 bridgehead atoms. The Hall–Kier alpha value is -2.69. The van der Waals surface area contributed by atoms with Gasteiger partial charge in [0.05, 0.1) is 5.52 Å². The van der Waals surface area contributed by atoms with Gasteiger partial charge in [-0.15, -0.1) is 0 Å². The number of carbonyl (C=O) groups is 1. The van der Waals surface area contributed by atoms with Crippen molar-refractivity contribution < 1.29 is 9.90 Å².